The molecule has 0 bridgehead atoms. The molecule has 0 aromatic carbocycles. The van der Waals surface area contributed by atoms with Gasteiger partial charge in [-0.3, -0.25) is 4.98 Å². The second kappa shape index (κ2) is 9.91. The van der Waals surface area contributed by atoms with Crippen molar-refractivity contribution in [3.05, 3.63) is 41.5 Å². The van der Waals surface area contributed by atoms with Crippen molar-refractivity contribution in [2.24, 2.45) is 0 Å². The Hall–Kier alpha value is -2.35. The SMILES string of the molecule is CC(NC(C)(C)C)c1cnc(OCC(F)F)c(C2CC2)c1.Cc1cncc(N)n1. The van der Waals surface area contributed by atoms with Crippen LogP contribution in [0.5, 0.6) is 5.88 Å². The standard InChI is InChI=1S/C16H24F2N2O.C5H7N3/c1-10(20-16(2,3)4)12-7-13(11-5-6-11)15(19-8-12)21-9-14(17)18;1-4-2-7-3-5(6)8-4/h7-8,10-11,14,20H,5-6,9H2,1-4H3;2-3H,1H3,(H2,6,8). The number of halogens is 2. The highest BCUT2D eigenvalue weighted by molar-refractivity contribution is 5.37. The largest absolute Gasteiger partial charge is 0.471 e. The second-order valence-corrected chi connectivity index (χ2v) is 8.34. The average Bonchev–Trinajstić information content (AvgIpc) is 3.43. The summed E-state index contributed by atoms with van der Waals surface area (Å²) in [5.41, 5.74) is 8.18. The summed E-state index contributed by atoms with van der Waals surface area (Å²) in [4.78, 5) is 12.0. The van der Waals surface area contributed by atoms with E-state index in [0.717, 1.165) is 29.7 Å². The van der Waals surface area contributed by atoms with Crippen molar-refractivity contribution in [3.8, 4) is 5.88 Å². The number of nitrogens with zero attached hydrogens (tertiary/aromatic N) is 3. The van der Waals surface area contributed by atoms with Crippen LogP contribution >= 0.6 is 0 Å². The van der Waals surface area contributed by atoms with Crippen molar-refractivity contribution in [1.29, 1.82) is 0 Å². The minimum Gasteiger partial charge on any atom is -0.471 e. The van der Waals surface area contributed by atoms with Crippen LogP contribution in [0.3, 0.4) is 0 Å². The van der Waals surface area contributed by atoms with Crippen LogP contribution in [-0.4, -0.2) is 33.5 Å². The molecule has 3 rings (SSSR count). The summed E-state index contributed by atoms with van der Waals surface area (Å²) in [6, 6.07) is 2.20. The number of hydrogen-bond donors (Lipinski definition) is 2. The maximum absolute atomic E-state index is 12.3. The Morgan fingerprint density at radius 1 is 1.24 bits per heavy atom. The highest BCUT2D eigenvalue weighted by Gasteiger charge is 2.29. The number of nitrogens with one attached hydrogen (secondary N) is 1. The summed E-state index contributed by atoms with van der Waals surface area (Å²) in [7, 11) is 0. The van der Waals surface area contributed by atoms with Crippen LogP contribution in [0.1, 0.15) is 69.3 Å². The van der Waals surface area contributed by atoms with Gasteiger partial charge < -0.3 is 15.8 Å². The average molecular weight is 408 g/mol. The van der Waals surface area contributed by atoms with Crippen molar-refractivity contribution in [2.45, 2.75) is 71.4 Å². The van der Waals surface area contributed by atoms with E-state index in [4.69, 9.17) is 10.5 Å². The predicted molar refractivity (Wildman–Crippen MR) is 110 cm³/mol. The van der Waals surface area contributed by atoms with E-state index in [1.807, 2.05) is 6.92 Å². The summed E-state index contributed by atoms with van der Waals surface area (Å²) in [5.74, 6) is 1.25. The van der Waals surface area contributed by atoms with E-state index in [-0.39, 0.29) is 11.6 Å². The molecule has 0 amide bonds. The van der Waals surface area contributed by atoms with Crippen molar-refractivity contribution in [3.63, 3.8) is 0 Å². The van der Waals surface area contributed by atoms with Gasteiger partial charge in [-0.1, -0.05) is 0 Å². The number of aryl methyl sites for hydroxylation is 1. The van der Waals surface area contributed by atoms with Gasteiger partial charge >= 0.3 is 0 Å². The van der Waals surface area contributed by atoms with Gasteiger partial charge in [0.2, 0.25) is 5.88 Å². The Balaban J connectivity index is 0.000000313. The van der Waals surface area contributed by atoms with Crippen LogP contribution in [0.2, 0.25) is 0 Å². The fourth-order valence-electron chi connectivity index (χ4n) is 2.89. The summed E-state index contributed by atoms with van der Waals surface area (Å²) in [6.07, 6.45) is 4.59. The molecule has 8 heteroatoms. The van der Waals surface area contributed by atoms with Gasteiger partial charge in [-0.05, 0) is 65.0 Å². The fraction of sp³-hybridized carbons (Fsp3) is 0.571. The third kappa shape index (κ3) is 8.27. The van der Waals surface area contributed by atoms with Gasteiger partial charge in [-0.25, -0.2) is 18.7 Å². The lowest BCUT2D eigenvalue weighted by Gasteiger charge is -2.26. The normalized spacial score (nSPS) is 14.9. The molecule has 1 unspecified atom stereocenters. The van der Waals surface area contributed by atoms with Crippen LogP contribution < -0.4 is 15.8 Å². The molecular weight excluding hydrogens is 376 g/mol. The van der Waals surface area contributed by atoms with Gasteiger partial charge in [0.25, 0.3) is 6.43 Å². The number of anilines is 1. The number of ether oxygens (including phenoxy) is 1. The smallest absolute Gasteiger partial charge is 0.272 e. The van der Waals surface area contributed by atoms with Crippen LogP contribution in [0, 0.1) is 6.92 Å². The molecule has 0 aliphatic heterocycles. The third-order valence-corrected chi connectivity index (χ3v) is 4.19. The topological polar surface area (TPSA) is 86.0 Å². The molecule has 0 radical (unpaired) electrons. The Morgan fingerprint density at radius 2 is 1.93 bits per heavy atom. The van der Waals surface area contributed by atoms with Gasteiger partial charge in [-0.2, -0.15) is 0 Å². The Morgan fingerprint density at radius 3 is 2.41 bits per heavy atom. The zero-order chi connectivity index (χ0) is 21.6. The van der Waals surface area contributed by atoms with E-state index in [1.54, 1.807) is 12.4 Å². The Bertz CT molecular complexity index is 774. The molecule has 3 N–H and O–H groups in total. The summed E-state index contributed by atoms with van der Waals surface area (Å²) < 4.78 is 29.8. The molecule has 29 heavy (non-hydrogen) atoms. The maximum atomic E-state index is 12.3. The number of nitrogens with two attached hydrogens (primary N) is 1. The maximum Gasteiger partial charge on any atom is 0.272 e. The number of rotatable bonds is 6. The Labute approximate surface area is 171 Å². The zero-order valence-electron chi connectivity index (χ0n) is 17.7. The molecule has 1 atom stereocenters. The van der Waals surface area contributed by atoms with Crippen LogP contribution in [0.4, 0.5) is 14.6 Å². The first-order valence-electron chi connectivity index (χ1n) is 9.77. The van der Waals surface area contributed by atoms with E-state index in [9.17, 15) is 8.78 Å². The quantitative estimate of drug-likeness (QED) is 0.737. The Kier molecular flexibility index (Phi) is 7.84. The lowest BCUT2D eigenvalue weighted by Crippen LogP contribution is -2.37. The van der Waals surface area contributed by atoms with Gasteiger partial charge in [0.05, 0.1) is 11.9 Å². The number of pyridine rings is 1. The van der Waals surface area contributed by atoms with Crippen LogP contribution in [-0.2, 0) is 0 Å². The van der Waals surface area contributed by atoms with E-state index in [0.29, 0.717) is 17.6 Å². The van der Waals surface area contributed by atoms with Gasteiger partial charge in [0, 0.05) is 29.5 Å². The number of nitrogen functional groups attached to an aromatic ring is 1. The van der Waals surface area contributed by atoms with Crippen molar-refractivity contribution < 1.29 is 13.5 Å². The predicted octanol–water partition coefficient (Wildman–Crippen LogP) is 4.42. The van der Waals surface area contributed by atoms with Gasteiger partial charge in [-0.15, -0.1) is 0 Å². The van der Waals surface area contributed by atoms with Crippen molar-refractivity contribution >= 4 is 5.82 Å². The lowest BCUT2D eigenvalue weighted by atomic mass is 10.0. The van der Waals surface area contributed by atoms with E-state index < -0.39 is 13.0 Å². The molecule has 160 valence electrons. The molecule has 1 aliphatic rings. The number of aromatic nitrogens is 3. The summed E-state index contributed by atoms with van der Waals surface area (Å²) in [6.45, 7) is 9.67. The fourth-order valence-corrected chi connectivity index (χ4v) is 2.89. The minimum atomic E-state index is -2.47. The van der Waals surface area contributed by atoms with Gasteiger partial charge in [0.15, 0.2) is 6.61 Å². The van der Waals surface area contributed by atoms with E-state index in [1.165, 1.54) is 6.20 Å². The zero-order valence-corrected chi connectivity index (χ0v) is 17.7. The van der Waals surface area contributed by atoms with Crippen LogP contribution in [0.15, 0.2) is 24.7 Å². The number of hydrogen-bond acceptors (Lipinski definition) is 6. The molecule has 0 saturated heterocycles. The molecule has 0 spiro atoms. The first-order valence-corrected chi connectivity index (χ1v) is 9.77. The van der Waals surface area contributed by atoms with E-state index >= 15 is 0 Å². The highest BCUT2D eigenvalue weighted by Crippen LogP contribution is 2.44. The van der Waals surface area contributed by atoms with Gasteiger partial charge in [0.1, 0.15) is 5.82 Å². The minimum absolute atomic E-state index is 0.00398. The highest BCUT2D eigenvalue weighted by atomic mass is 19.3. The molecule has 2 aromatic heterocycles. The summed E-state index contributed by atoms with van der Waals surface area (Å²) >= 11 is 0. The second-order valence-electron chi connectivity index (χ2n) is 8.34. The molecule has 1 saturated carbocycles. The monoisotopic (exact) mass is 407 g/mol. The first-order chi connectivity index (χ1) is 13.5. The molecule has 1 fully saturated rings. The number of alkyl halides is 2. The van der Waals surface area contributed by atoms with Crippen LogP contribution in [0.25, 0.3) is 0 Å². The third-order valence-electron chi connectivity index (χ3n) is 4.19. The molecular formula is C21H31F2N5O. The molecule has 6 nitrogen and oxygen atoms in total. The summed E-state index contributed by atoms with van der Waals surface area (Å²) in [5, 5.41) is 3.49. The molecule has 2 heterocycles. The van der Waals surface area contributed by atoms with Crippen molar-refractivity contribution in [2.75, 3.05) is 12.3 Å². The van der Waals surface area contributed by atoms with Crippen molar-refractivity contribution in [1.82, 2.24) is 20.3 Å². The van der Waals surface area contributed by atoms with E-state index in [2.05, 4.69) is 54.0 Å². The molecule has 1 aliphatic carbocycles. The first kappa shape index (κ1) is 22.9. The lowest BCUT2D eigenvalue weighted by molar-refractivity contribution is 0.0790. The molecule has 2 aromatic rings.